The van der Waals surface area contributed by atoms with Crippen molar-refractivity contribution < 1.29 is 9.53 Å². The zero-order chi connectivity index (χ0) is 23.1. The quantitative estimate of drug-likeness (QED) is 0.300. The third kappa shape index (κ3) is 8.10. The number of anilines is 1. The first-order chi connectivity index (χ1) is 16.1. The Balaban J connectivity index is 0.00000216. The van der Waals surface area contributed by atoms with Crippen LogP contribution in [0, 0.1) is 0 Å². The van der Waals surface area contributed by atoms with E-state index in [2.05, 4.69) is 15.3 Å². The van der Waals surface area contributed by atoms with Gasteiger partial charge in [0.1, 0.15) is 18.2 Å². The number of ether oxygens (including phenoxy) is 1. The van der Waals surface area contributed by atoms with E-state index >= 15 is 0 Å². The summed E-state index contributed by atoms with van der Waals surface area (Å²) in [5, 5.41) is 4.52. The van der Waals surface area contributed by atoms with Crippen LogP contribution in [0.2, 0.25) is 10.0 Å². The van der Waals surface area contributed by atoms with Crippen LogP contribution in [0.1, 0.15) is 24.8 Å². The normalized spacial score (nSPS) is 16.8. The number of amides is 1. The van der Waals surface area contributed by atoms with Crippen molar-refractivity contribution in [3.63, 3.8) is 0 Å². The maximum Gasteiger partial charge on any atom is 0.228 e. The second kappa shape index (κ2) is 15.5. The molecule has 4 rings (SSSR count). The van der Waals surface area contributed by atoms with Gasteiger partial charge in [-0.2, -0.15) is 0 Å². The van der Waals surface area contributed by atoms with Crippen LogP contribution < -0.4 is 15.0 Å². The van der Waals surface area contributed by atoms with Crippen molar-refractivity contribution in [1.82, 2.24) is 15.3 Å². The zero-order valence-electron chi connectivity index (χ0n) is 19.4. The molecule has 0 bridgehead atoms. The van der Waals surface area contributed by atoms with Crippen molar-refractivity contribution in [3.05, 3.63) is 82.7 Å². The van der Waals surface area contributed by atoms with Crippen molar-refractivity contribution >= 4 is 72.1 Å². The highest BCUT2D eigenvalue weighted by molar-refractivity contribution is 6.42. The van der Waals surface area contributed by atoms with Gasteiger partial charge in [0, 0.05) is 43.5 Å². The Morgan fingerprint density at radius 1 is 0.972 bits per heavy atom. The lowest BCUT2D eigenvalue weighted by atomic mass is 9.71. The van der Waals surface area contributed by atoms with Crippen LogP contribution in [-0.2, 0) is 10.2 Å². The van der Waals surface area contributed by atoms with Crippen molar-refractivity contribution in [2.45, 2.75) is 24.7 Å². The van der Waals surface area contributed by atoms with Crippen molar-refractivity contribution in [3.8, 4) is 5.75 Å². The first-order valence-electron chi connectivity index (χ1n) is 11.0. The summed E-state index contributed by atoms with van der Waals surface area (Å²) in [6.07, 6.45) is 7.15. The molecule has 0 spiro atoms. The number of hydrogen-bond donors (Lipinski definition) is 1. The predicted molar refractivity (Wildman–Crippen MR) is 153 cm³/mol. The molecule has 1 fully saturated rings. The standard InChI is InChI=1S/C25H26Cl2N4O2.3ClH/c26-21-5-4-19(17-22(21)27)25(10-14-29-15-16-33-20-7-12-28-13-8-20)9-6-24(32)31(18-25)23-3-1-2-11-30-23;;;/h1-5,7-8,11-13,17,29H,6,9-10,14-16,18H2;3*1H/t25-;;;/m1.../s1. The fourth-order valence-corrected chi connectivity index (χ4v) is 4.51. The summed E-state index contributed by atoms with van der Waals surface area (Å²) < 4.78 is 5.73. The second-order valence-electron chi connectivity index (χ2n) is 8.11. The maximum atomic E-state index is 12.8. The summed E-state index contributed by atoms with van der Waals surface area (Å²) in [7, 11) is 0. The number of carbonyl (C=O) groups excluding carboxylic acids is 1. The van der Waals surface area contributed by atoms with Gasteiger partial charge >= 0.3 is 0 Å². The molecular weight excluding hydrogens is 566 g/mol. The predicted octanol–water partition coefficient (Wildman–Crippen LogP) is 6.17. The van der Waals surface area contributed by atoms with E-state index in [0.29, 0.717) is 42.0 Å². The van der Waals surface area contributed by atoms with Crippen LogP contribution >= 0.6 is 60.4 Å². The number of carbonyl (C=O) groups is 1. The minimum atomic E-state index is -0.265. The molecule has 36 heavy (non-hydrogen) atoms. The Hall–Kier alpha value is -1.80. The molecule has 1 atom stereocenters. The van der Waals surface area contributed by atoms with Crippen LogP contribution in [0.15, 0.2) is 67.1 Å². The molecule has 0 radical (unpaired) electrons. The molecule has 11 heteroatoms. The summed E-state index contributed by atoms with van der Waals surface area (Å²) >= 11 is 12.6. The van der Waals surface area contributed by atoms with Crippen LogP contribution in [0.4, 0.5) is 5.82 Å². The molecule has 1 aliphatic rings. The van der Waals surface area contributed by atoms with Crippen LogP contribution in [0.3, 0.4) is 0 Å². The molecule has 0 aliphatic carbocycles. The van der Waals surface area contributed by atoms with E-state index in [0.717, 1.165) is 30.7 Å². The number of nitrogens with one attached hydrogen (secondary N) is 1. The lowest BCUT2D eigenvalue weighted by Crippen LogP contribution is -2.50. The third-order valence-electron chi connectivity index (χ3n) is 6.01. The monoisotopic (exact) mass is 592 g/mol. The Morgan fingerprint density at radius 2 is 1.75 bits per heavy atom. The van der Waals surface area contributed by atoms with Gasteiger partial charge in [-0.25, -0.2) is 4.98 Å². The van der Waals surface area contributed by atoms with Gasteiger partial charge in [0.2, 0.25) is 5.91 Å². The van der Waals surface area contributed by atoms with Crippen molar-refractivity contribution in [2.24, 2.45) is 0 Å². The fraction of sp³-hybridized carbons (Fsp3) is 0.320. The van der Waals surface area contributed by atoms with E-state index < -0.39 is 0 Å². The highest BCUT2D eigenvalue weighted by Gasteiger charge is 2.41. The van der Waals surface area contributed by atoms with Gasteiger partial charge in [0.25, 0.3) is 0 Å². The van der Waals surface area contributed by atoms with Gasteiger partial charge in [0.05, 0.1) is 10.0 Å². The largest absolute Gasteiger partial charge is 0.492 e. The maximum absolute atomic E-state index is 12.8. The molecule has 1 saturated heterocycles. The van der Waals surface area contributed by atoms with Crippen LogP contribution in [-0.4, -0.2) is 42.1 Å². The smallest absolute Gasteiger partial charge is 0.228 e. The van der Waals surface area contributed by atoms with Crippen molar-refractivity contribution in [1.29, 1.82) is 0 Å². The van der Waals surface area contributed by atoms with Crippen LogP contribution in [0.25, 0.3) is 0 Å². The van der Waals surface area contributed by atoms with Gasteiger partial charge in [-0.1, -0.05) is 35.3 Å². The highest BCUT2D eigenvalue weighted by Crippen LogP contribution is 2.40. The Bertz CT molecular complexity index is 1080. The van der Waals surface area contributed by atoms with E-state index in [-0.39, 0.29) is 48.5 Å². The molecule has 1 N–H and O–H groups in total. The van der Waals surface area contributed by atoms with Crippen molar-refractivity contribution in [2.75, 3.05) is 31.1 Å². The summed E-state index contributed by atoms with van der Waals surface area (Å²) in [6, 6.07) is 15.1. The first-order valence-corrected chi connectivity index (χ1v) is 11.7. The number of benzene rings is 1. The zero-order valence-corrected chi connectivity index (χ0v) is 23.4. The third-order valence-corrected chi connectivity index (χ3v) is 6.75. The lowest BCUT2D eigenvalue weighted by Gasteiger charge is -2.43. The number of hydrogen-bond acceptors (Lipinski definition) is 5. The van der Waals surface area contributed by atoms with E-state index in [1.54, 1.807) is 23.5 Å². The van der Waals surface area contributed by atoms with Gasteiger partial charge in [-0.3, -0.25) is 14.7 Å². The SMILES string of the molecule is Cl.Cl.Cl.O=C1CC[C@](CCNCCOc2ccncc2)(c2ccc(Cl)c(Cl)c2)CN1c1ccccn1. The summed E-state index contributed by atoms with van der Waals surface area (Å²) in [5.74, 6) is 1.56. The molecule has 196 valence electrons. The van der Waals surface area contributed by atoms with E-state index in [1.807, 2.05) is 48.5 Å². The molecule has 1 amide bonds. The molecule has 0 unspecified atom stereocenters. The number of pyridine rings is 2. The number of nitrogens with zero attached hydrogens (tertiary/aromatic N) is 3. The highest BCUT2D eigenvalue weighted by atomic mass is 35.5. The molecule has 2 aromatic heterocycles. The van der Waals surface area contributed by atoms with Crippen LogP contribution in [0.5, 0.6) is 5.75 Å². The molecule has 3 heterocycles. The number of aromatic nitrogens is 2. The Labute approximate surface area is 240 Å². The molecule has 6 nitrogen and oxygen atoms in total. The average Bonchev–Trinajstić information content (AvgIpc) is 2.85. The number of halogens is 5. The van der Waals surface area contributed by atoms with E-state index in [4.69, 9.17) is 27.9 Å². The molecule has 3 aromatic rings. The Morgan fingerprint density at radius 3 is 2.44 bits per heavy atom. The van der Waals surface area contributed by atoms with E-state index in [9.17, 15) is 4.79 Å². The Kier molecular flexibility index (Phi) is 13.8. The average molecular weight is 595 g/mol. The molecule has 1 aromatic carbocycles. The number of piperidine rings is 1. The summed E-state index contributed by atoms with van der Waals surface area (Å²) in [4.78, 5) is 23.0. The van der Waals surface area contributed by atoms with E-state index in [1.165, 1.54) is 0 Å². The summed E-state index contributed by atoms with van der Waals surface area (Å²) in [5.41, 5.74) is 0.818. The minimum Gasteiger partial charge on any atom is -0.492 e. The van der Waals surface area contributed by atoms with Gasteiger partial charge < -0.3 is 10.1 Å². The molecule has 1 aliphatic heterocycles. The fourth-order valence-electron chi connectivity index (χ4n) is 4.21. The summed E-state index contributed by atoms with van der Waals surface area (Å²) in [6.45, 7) is 2.57. The molecule has 0 saturated carbocycles. The lowest BCUT2D eigenvalue weighted by molar-refractivity contribution is -0.120. The molecular formula is C25H29Cl5N4O2. The number of rotatable bonds is 9. The van der Waals surface area contributed by atoms with Gasteiger partial charge in [-0.15, -0.1) is 37.2 Å². The second-order valence-corrected chi connectivity index (χ2v) is 8.92. The topological polar surface area (TPSA) is 67.3 Å². The first kappa shape index (κ1) is 32.2. The van der Waals surface area contributed by atoms with Gasteiger partial charge in [-0.05, 0) is 61.3 Å². The van der Waals surface area contributed by atoms with Gasteiger partial charge in [0.15, 0.2) is 0 Å². The minimum absolute atomic E-state index is 0.